The van der Waals surface area contributed by atoms with E-state index in [1.54, 1.807) is 19.6 Å². The lowest BCUT2D eigenvalue weighted by Crippen LogP contribution is -2.49. The van der Waals surface area contributed by atoms with Crippen LogP contribution in [-0.4, -0.2) is 71.5 Å². The molecule has 1 aromatic heterocycles. The number of carbonyl (C=O) groups excluding carboxylic acids is 1. The number of rotatable bonds is 5. The average molecular weight is 319 g/mol. The molecular weight excluding hydrogens is 298 g/mol. The zero-order valence-corrected chi connectivity index (χ0v) is 13.4. The van der Waals surface area contributed by atoms with E-state index in [9.17, 15) is 4.79 Å². The Balaban J connectivity index is 1.77. The maximum absolute atomic E-state index is 12.0. The second-order valence-electron chi connectivity index (χ2n) is 5.51. The SMILES string of the molecule is COCC(=O)N(C)C1=CCC2OCCN(Cc3cnc[nH]3)C2=N1. The average Bonchev–Trinajstić information content (AvgIpc) is 3.07. The standard InChI is InChI=1S/C15H21N5O3/c1-19(14(21)9-22-2)13-4-3-12-15(18-13)20(5-6-23-12)8-11-7-16-10-17-11/h4,7,10,12H,3,5-6,8-9H2,1-2H3,(H,16,17). The molecule has 23 heavy (non-hydrogen) atoms. The van der Waals surface area contributed by atoms with E-state index >= 15 is 0 Å². The molecule has 1 amide bonds. The minimum absolute atomic E-state index is 0.0382. The molecule has 1 unspecified atom stereocenters. The van der Waals surface area contributed by atoms with Gasteiger partial charge in [-0.3, -0.25) is 9.69 Å². The van der Waals surface area contributed by atoms with Gasteiger partial charge in [-0.25, -0.2) is 9.98 Å². The van der Waals surface area contributed by atoms with E-state index in [0.29, 0.717) is 25.4 Å². The number of imidazole rings is 1. The summed E-state index contributed by atoms with van der Waals surface area (Å²) < 4.78 is 10.7. The number of amidine groups is 1. The van der Waals surface area contributed by atoms with Crippen LogP contribution in [0.15, 0.2) is 29.4 Å². The number of methoxy groups -OCH3 is 1. The molecule has 1 saturated heterocycles. The van der Waals surface area contributed by atoms with Gasteiger partial charge in [0, 0.05) is 33.3 Å². The molecule has 3 rings (SSSR count). The lowest BCUT2D eigenvalue weighted by Gasteiger charge is -2.37. The Labute approximate surface area is 134 Å². The van der Waals surface area contributed by atoms with Gasteiger partial charge in [0.2, 0.25) is 0 Å². The van der Waals surface area contributed by atoms with Crippen LogP contribution in [0.4, 0.5) is 0 Å². The smallest absolute Gasteiger partial charge is 0.253 e. The Morgan fingerprint density at radius 1 is 1.61 bits per heavy atom. The Morgan fingerprint density at radius 2 is 2.48 bits per heavy atom. The van der Waals surface area contributed by atoms with Crippen molar-refractivity contribution in [2.24, 2.45) is 4.99 Å². The number of carbonyl (C=O) groups is 1. The summed E-state index contributed by atoms with van der Waals surface area (Å²) in [5.74, 6) is 1.37. The first-order valence-corrected chi connectivity index (χ1v) is 7.57. The highest BCUT2D eigenvalue weighted by Crippen LogP contribution is 2.22. The first-order valence-electron chi connectivity index (χ1n) is 7.57. The summed E-state index contributed by atoms with van der Waals surface area (Å²) in [5.41, 5.74) is 1.02. The fraction of sp³-hybridized carbons (Fsp3) is 0.533. The molecule has 1 atom stereocenters. The van der Waals surface area contributed by atoms with Crippen molar-refractivity contribution in [1.82, 2.24) is 19.8 Å². The summed E-state index contributed by atoms with van der Waals surface area (Å²) in [5, 5.41) is 0. The van der Waals surface area contributed by atoms with Gasteiger partial charge in [-0.15, -0.1) is 0 Å². The monoisotopic (exact) mass is 319 g/mol. The van der Waals surface area contributed by atoms with Gasteiger partial charge in [-0.2, -0.15) is 0 Å². The maximum Gasteiger partial charge on any atom is 0.253 e. The summed E-state index contributed by atoms with van der Waals surface area (Å²) in [6.45, 7) is 2.16. The van der Waals surface area contributed by atoms with E-state index in [2.05, 4.69) is 19.9 Å². The van der Waals surface area contributed by atoms with Crippen LogP contribution in [0.3, 0.4) is 0 Å². The molecule has 3 heterocycles. The van der Waals surface area contributed by atoms with Crippen LogP contribution >= 0.6 is 0 Å². The van der Waals surface area contributed by atoms with Gasteiger partial charge < -0.3 is 19.4 Å². The van der Waals surface area contributed by atoms with Gasteiger partial charge in [0.15, 0.2) is 0 Å². The number of fused-ring (bicyclic) bond motifs is 1. The Kier molecular flexibility index (Phi) is 4.73. The van der Waals surface area contributed by atoms with Crippen molar-refractivity contribution in [2.45, 2.75) is 19.1 Å². The third-order valence-corrected chi connectivity index (χ3v) is 3.94. The number of morpholine rings is 1. The number of amides is 1. The number of nitrogens with zero attached hydrogens (tertiary/aromatic N) is 4. The van der Waals surface area contributed by atoms with Crippen molar-refractivity contribution in [1.29, 1.82) is 0 Å². The van der Waals surface area contributed by atoms with Crippen molar-refractivity contribution >= 4 is 11.7 Å². The number of likely N-dealkylation sites (N-methyl/N-ethyl adjacent to an activating group) is 1. The number of nitrogens with one attached hydrogen (secondary N) is 1. The fourth-order valence-electron chi connectivity index (χ4n) is 2.69. The van der Waals surface area contributed by atoms with Crippen molar-refractivity contribution in [3.8, 4) is 0 Å². The van der Waals surface area contributed by atoms with E-state index in [-0.39, 0.29) is 18.6 Å². The van der Waals surface area contributed by atoms with Crippen LogP contribution in [0.1, 0.15) is 12.1 Å². The van der Waals surface area contributed by atoms with Crippen molar-refractivity contribution in [2.75, 3.05) is 33.9 Å². The summed E-state index contributed by atoms with van der Waals surface area (Å²) in [6.07, 6.45) is 6.05. The minimum Gasteiger partial charge on any atom is -0.375 e. The molecule has 1 aromatic rings. The summed E-state index contributed by atoms with van der Waals surface area (Å²) in [6, 6.07) is 0. The number of hydrogen-bond donors (Lipinski definition) is 1. The summed E-state index contributed by atoms with van der Waals surface area (Å²) >= 11 is 0. The van der Waals surface area contributed by atoms with Gasteiger partial charge in [-0.1, -0.05) is 0 Å². The molecule has 1 fully saturated rings. The lowest BCUT2D eigenvalue weighted by molar-refractivity contribution is -0.132. The molecular formula is C15H21N5O3. The molecule has 0 bridgehead atoms. The van der Waals surface area contributed by atoms with E-state index in [1.807, 2.05) is 6.08 Å². The summed E-state index contributed by atoms with van der Waals surface area (Å²) in [7, 11) is 3.21. The molecule has 1 N–H and O–H groups in total. The lowest BCUT2D eigenvalue weighted by atomic mass is 10.1. The predicted molar refractivity (Wildman–Crippen MR) is 83.5 cm³/mol. The van der Waals surface area contributed by atoms with Crippen LogP contribution in [-0.2, 0) is 20.8 Å². The van der Waals surface area contributed by atoms with Gasteiger partial charge >= 0.3 is 0 Å². The third-order valence-electron chi connectivity index (χ3n) is 3.94. The molecule has 0 aromatic carbocycles. The van der Waals surface area contributed by atoms with Crippen molar-refractivity contribution in [3.63, 3.8) is 0 Å². The highest BCUT2D eigenvalue weighted by atomic mass is 16.5. The van der Waals surface area contributed by atoms with Crippen molar-refractivity contribution in [3.05, 3.63) is 30.1 Å². The molecule has 124 valence electrons. The van der Waals surface area contributed by atoms with Crippen LogP contribution in [0.5, 0.6) is 0 Å². The Morgan fingerprint density at radius 3 is 3.22 bits per heavy atom. The molecule has 2 aliphatic heterocycles. The second-order valence-corrected chi connectivity index (χ2v) is 5.51. The quantitative estimate of drug-likeness (QED) is 0.847. The number of hydrogen-bond acceptors (Lipinski definition) is 6. The van der Waals surface area contributed by atoms with Crippen LogP contribution in [0.2, 0.25) is 0 Å². The van der Waals surface area contributed by atoms with E-state index < -0.39 is 0 Å². The number of aromatic amines is 1. The fourth-order valence-corrected chi connectivity index (χ4v) is 2.69. The number of aromatic nitrogens is 2. The second kappa shape index (κ2) is 6.93. The van der Waals surface area contributed by atoms with E-state index in [1.165, 1.54) is 12.0 Å². The molecule has 0 saturated carbocycles. The maximum atomic E-state index is 12.0. The Hall–Kier alpha value is -2.19. The topological polar surface area (TPSA) is 83.0 Å². The number of H-pyrrole nitrogens is 1. The first-order chi connectivity index (χ1) is 11.2. The van der Waals surface area contributed by atoms with Gasteiger partial charge in [0.05, 0.1) is 25.2 Å². The van der Waals surface area contributed by atoms with Gasteiger partial charge in [-0.05, 0) is 6.08 Å². The van der Waals surface area contributed by atoms with Crippen LogP contribution in [0, 0.1) is 0 Å². The largest absolute Gasteiger partial charge is 0.375 e. The zero-order valence-electron chi connectivity index (χ0n) is 13.4. The van der Waals surface area contributed by atoms with Gasteiger partial charge in [0.25, 0.3) is 5.91 Å². The molecule has 8 nitrogen and oxygen atoms in total. The third kappa shape index (κ3) is 3.43. The first kappa shape index (κ1) is 15.7. The highest BCUT2D eigenvalue weighted by Gasteiger charge is 2.31. The molecule has 8 heteroatoms. The molecule has 2 aliphatic rings. The normalized spacial score (nSPS) is 20.6. The van der Waals surface area contributed by atoms with Crippen molar-refractivity contribution < 1.29 is 14.3 Å². The number of aliphatic imine (C=N–C) groups is 1. The van der Waals surface area contributed by atoms with E-state index in [0.717, 1.165) is 18.1 Å². The Bertz CT molecular complexity index is 611. The summed E-state index contributed by atoms with van der Waals surface area (Å²) in [4.78, 5) is 27.5. The molecule has 0 radical (unpaired) electrons. The number of ether oxygens (including phenoxy) is 2. The molecule has 0 spiro atoms. The predicted octanol–water partition coefficient (Wildman–Crippen LogP) is 0.359. The zero-order chi connectivity index (χ0) is 16.2. The highest BCUT2D eigenvalue weighted by molar-refractivity contribution is 5.90. The van der Waals surface area contributed by atoms with Crippen LogP contribution in [0.25, 0.3) is 0 Å². The van der Waals surface area contributed by atoms with Gasteiger partial charge in [0.1, 0.15) is 24.4 Å². The molecule has 0 aliphatic carbocycles. The minimum atomic E-state index is -0.126. The van der Waals surface area contributed by atoms with Crippen LogP contribution < -0.4 is 0 Å². The van der Waals surface area contributed by atoms with E-state index in [4.69, 9.17) is 9.47 Å².